The summed E-state index contributed by atoms with van der Waals surface area (Å²) in [5, 5.41) is 10.4. The van der Waals surface area contributed by atoms with Crippen LogP contribution in [0.25, 0.3) is 0 Å². The molecule has 0 radical (unpaired) electrons. The highest BCUT2D eigenvalue weighted by atomic mass is 35.5. The Morgan fingerprint density at radius 3 is 2.71 bits per heavy atom. The van der Waals surface area contributed by atoms with E-state index < -0.39 is 0 Å². The lowest BCUT2D eigenvalue weighted by Crippen LogP contribution is -2.12. The smallest absolute Gasteiger partial charge is 0.191 e. The highest BCUT2D eigenvalue weighted by Gasteiger charge is 2.20. The van der Waals surface area contributed by atoms with Crippen LogP contribution in [0.3, 0.4) is 0 Å². The lowest BCUT2D eigenvalue weighted by molar-refractivity contribution is 0.209. The molecule has 0 N–H and O–H groups in total. The number of thioether (sulfide) groups is 1. The molecule has 0 spiro atoms. The minimum atomic E-state index is -0.234. The molecule has 0 aliphatic rings. The molecule has 1 aromatic heterocycles. The zero-order valence-electron chi connectivity index (χ0n) is 16.4. The molecule has 146 valence electrons. The van der Waals surface area contributed by atoms with Crippen LogP contribution in [0.2, 0.25) is 5.02 Å². The molecule has 1 heterocycles. The van der Waals surface area contributed by atoms with Gasteiger partial charge < -0.3 is 4.74 Å². The van der Waals surface area contributed by atoms with Crippen molar-refractivity contribution in [2.24, 2.45) is 0 Å². The van der Waals surface area contributed by atoms with Crippen LogP contribution < -0.4 is 4.74 Å². The zero-order chi connectivity index (χ0) is 20.1. The molecule has 0 amide bonds. The first-order chi connectivity index (χ1) is 13.5. The summed E-state index contributed by atoms with van der Waals surface area (Å²) in [6, 6.07) is 13.9. The molecular formula is C22H24ClN3OS. The van der Waals surface area contributed by atoms with Crippen molar-refractivity contribution in [2.45, 2.75) is 44.3 Å². The van der Waals surface area contributed by atoms with E-state index in [0.717, 1.165) is 38.6 Å². The summed E-state index contributed by atoms with van der Waals surface area (Å²) in [7, 11) is 0. The molecular weight excluding hydrogens is 390 g/mol. The largest absolute Gasteiger partial charge is 0.482 e. The molecule has 3 rings (SSSR count). The van der Waals surface area contributed by atoms with Gasteiger partial charge in [0, 0.05) is 17.3 Å². The number of aryl methyl sites for hydroxylation is 1. The standard InChI is InChI=1S/C22H24ClN3OS/c1-5-13-26-21(17(4)27-20-12-8-9-15(2)16(20)3)24-25-22(26)28-14-18-10-6-7-11-19(18)23/h5-12,17H,1,13-14H2,2-4H3. The number of aromatic nitrogens is 3. The van der Waals surface area contributed by atoms with Gasteiger partial charge in [0.25, 0.3) is 0 Å². The van der Waals surface area contributed by atoms with Gasteiger partial charge in [0.15, 0.2) is 17.1 Å². The molecule has 28 heavy (non-hydrogen) atoms. The maximum Gasteiger partial charge on any atom is 0.191 e. The molecule has 1 atom stereocenters. The molecule has 4 nitrogen and oxygen atoms in total. The Kier molecular flexibility index (Phi) is 6.81. The number of hydrogen-bond acceptors (Lipinski definition) is 4. The van der Waals surface area contributed by atoms with Crippen LogP contribution in [0.5, 0.6) is 5.75 Å². The first-order valence-corrected chi connectivity index (χ1v) is 10.5. The Morgan fingerprint density at radius 1 is 1.18 bits per heavy atom. The van der Waals surface area contributed by atoms with Crippen molar-refractivity contribution < 1.29 is 4.74 Å². The summed E-state index contributed by atoms with van der Waals surface area (Å²) in [5.41, 5.74) is 3.41. The van der Waals surface area contributed by atoms with Crippen molar-refractivity contribution in [3.63, 3.8) is 0 Å². The van der Waals surface area contributed by atoms with Crippen LogP contribution in [0, 0.1) is 13.8 Å². The molecule has 3 aromatic rings. The average Bonchev–Trinajstić information content (AvgIpc) is 3.08. The van der Waals surface area contributed by atoms with Crippen molar-refractivity contribution in [3.05, 3.63) is 82.7 Å². The Morgan fingerprint density at radius 2 is 1.96 bits per heavy atom. The van der Waals surface area contributed by atoms with Crippen LogP contribution in [-0.4, -0.2) is 14.8 Å². The van der Waals surface area contributed by atoms with Gasteiger partial charge in [0.1, 0.15) is 5.75 Å². The maximum absolute atomic E-state index is 6.27. The Balaban J connectivity index is 1.80. The molecule has 0 fully saturated rings. The van der Waals surface area contributed by atoms with E-state index >= 15 is 0 Å². The summed E-state index contributed by atoms with van der Waals surface area (Å²) in [6.45, 7) is 10.6. The van der Waals surface area contributed by atoms with Crippen molar-refractivity contribution in [3.8, 4) is 5.75 Å². The number of rotatable bonds is 8. The molecule has 1 unspecified atom stereocenters. The van der Waals surface area contributed by atoms with Crippen LogP contribution in [0.4, 0.5) is 0 Å². The maximum atomic E-state index is 6.27. The molecule has 0 bridgehead atoms. The van der Waals surface area contributed by atoms with Crippen LogP contribution in [-0.2, 0) is 12.3 Å². The third-order valence-electron chi connectivity index (χ3n) is 4.59. The molecule has 0 aliphatic carbocycles. The van der Waals surface area contributed by atoms with Gasteiger partial charge in [-0.15, -0.1) is 16.8 Å². The van der Waals surface area contributed by atoms with E-state index in [1.165, 1.54) is 5.56 Å². The monoisotopic (exact) mass is 413 g/mol. The molecule has 0 saturated heterocycles. The number of allylic oxidation sites excluding steroid dienone is 1. The number of halogens is 1. The summed E-state index contributed by atoms with van der Waals surface area (Å²) in [6.07, 6.45) is 1.61. The SMILES string of the molecule is C=CCn1c(SCc2ccccc2Cl)nnc1C(C)Oc1cccc(C)c1C. The molecule has 0 aliphatic heterocycles. The number of benzene rings is 2. The van der Waals surface area contributed by atoms with E-state index in [1.807, 2.05) is 54.0 Å². The number of nitrogens with zero attached hydrogens (tertiary/aromatic N) is 3. The third-order valence-corrected chi connectivity index (χ3v) is 5.98. The molecule has 2 aromatic carbocycles. The Hall–Kier alpha value is -2.24. The second-order valence-corrected chi connectivity index (χ2v) is 7.93. The van der Waals surface area contributed by atoms with Gasteiger partial charge in [-0.2, -0.15) is 0 Å². The Bertz CT molecular complexity index is 970. The zero-order valence-corrected chi connectivity index (χ0v) is 17.9. The number of ether oxygens (including phenoxy) is 1. The summed E-state index contributed by atoms with van der Waals surface area (Å²) < 4.78 is 8.25. The van der Waals surface area contributed by atoms with E-state index in [-0.39, 0.29) is 6.10 Å². The minimum absolute atomic E-state index is 0.234. The number of hydrogen-bond donors (Lipinski definition) is 0. The van der Waals surface area contributed by atoms with Crippen molar-refractivity contribution in [1.82, 2.24) is 14.8 Å². The van der Waals surface area contributed by atoms with E-state index in [0.29, 0.717) is 6.54 Å². The van der Waals surface area contributed by atoms with E-state index in [4.69, 9.17) is 16.3 Å². The van der Waals surface area contributed by atoms with Gasteiger partial charge >= 0.3 is 0 Å². The fourth-order valence-electron chi connectivity index (χ4n) is 2.86. The van der Waals surface area contributed by atoms with Gasteiger partial charge in [0.05, 0.1) is 0 Å². The second-order valence-electron chi connectivity index (χ2n) is 6.58. The minimum Gasteiger partial charge on any atom is -0.482 e. The normalized spacial score (nSPS) is 12.0. The highest BCUT2D eigenvalue weighted by molar-refractivity contribution is 7.98. The van der Waals surface area contributed by atoms with Gasteiger partial charge in [-0.25, -0.2) is 0 Å². The van der Waals surface area contributed by atoms with Gasteiger partial charge in [-0.3, -0.25) is 4.57 Å². The fourth-order valence-corrected chi connectivity index (χ4v) is 4.10. The summed E-state index contributed by atoms with van der Waals surface area (Å²) in [5.74, 6) is 2.37. The van der Waals surface area contributed by atoms with Crippen molar-refractivity contribution in [1.29, 1.82) is 0 Å². The summed E-state index contributed by atoms with van der Waals surface area (Å²) >= 11 is 7.88. The van der Waals surface area contributed by atoms with Gasteiger partial charge in [-0.05, 0) is 49.6 Å². The van der Waals surface area contributed by atoms with Crippen LogP contribution in [0.1, 0.15) is 35.5 Å². The van der Waals surface area contributed by atoms with Crippen molar-refractivity contribution >= 4 is 23.4 Å². The van der Waals surface area contributed by atoms with E-state index in [1.54, 1.807) is 11.8 Å². The predicted molar refractivity (Wildman–Crippen MR) is 116 cm³/mol. The Labute approximate surface area is 175 Å². The average molecular weight is 414 g/mol. The topological polar surface area (TPSA) is 39.9 Å². The van der Waals surface area contributed by atoms with Crippen LogP contribution >= 0.6 is 23.4 Å². The first kappa shape index (κ1) is 20.5. The van der Waals surface area contributed by atoms with E-state index in [2.05, 4.69) is 36.7 Å². The summed E-state index contributed by atoms with van der Waals surface area (Å²) in [4.78, 5) is 0. The highest BCUT2D eigenvalue weighted by Crippen LogP contribution is 2.30. The fraction of sp³-hybridized carbons (Fsp3) is 0.273. The van der Waals surface area contributed by atoms with Crippen molar-refractivity contribution in [2.75, 3.05) is 0 Å². The molecule has 0 saturated carbocycles. The second kappa shape index (κ2) is 9.30. The lowest BCUT2D eigenvalue weighted by atomic mass is 10.1. The lowest BCUT2D eigenvalue weighted by Gasteiger charge is -2.18. The molecule has 6 heteroatoms. The third kappa shape index (κ3) is 4.59. The first-order valence-electron chi connectivity index (χ1n) is 9.14. The van der Waals surface area contributed by atoms with E-state index in [9.17, 15) is 0 Å². The quantitative estimate of drug-likeness (QED) is 0.327. The van der Waals surface area contributed by atoms with Crippen LogP contribution in [0.15, 0.2) is 60.3 Å². The van der Waals surface area contributed by atoms with Gasteiger partial charge in [0.2, 0.25) is 0 Å². The van der Waals surface area contributed by atoms with Gasteiger partial charge in [-0.1, -0.05) is 59.8 Å². The predicted octanol–water partition coefficient (Wildman–Crippen LogP) is 6.17.